The Bertz CT molecular complexity index is 944. The smallest absolute Gasteiger partial charge is 0.227 e. The van der Waals surface area contributed by atoms with Crippen LogP contribution < -0.4 is 9.80 Å². The molecule has 0 amide bonds. The Balaban J connectivity index is 1.56. The Hall–Kier alpha value is -2.84. The zero-order chi connectivity index (χ0) is 19.7. The quantitative estimate of drug-likeness (QED) is 0.611. The third kappa shape index (κ3) is 3.36. The van der Waals surface area contributed by atoms with Crippen molar-refractivity contribution in [2.75, 3.05) is 49.2 Å². The Morgan fingerprint density at radius 3 is 2.21 bits per heavy atom. The number of aromatic nitrogens is 3. The van der Waals surface area contributed by atoms with E-state index in [4.69, 9.17) is 4.98 Å². The number of nitrogens with zero attached hydrogens (tertiary/aromatic N) is 5. The third-order valence-electron chi connectivity index (χ3n) is 5.34. The molecule has 3 heterocycles. The molecule has 0 aliphatic carbocycles. The van der Waals surface area contributed by atoms with Crippen LogP contribution in [0, 0.1) is 6.92 Å². The molecule has 4 rings (SSSR count). The summed E-state index contributed by atoms with van der Waals surface area (Å²) in [6.07, 6.45) is 1.84. The maximum absolute atomic E-state index is 9.54. The first kappa shape index (κ1) is 18.5. The lowest BCUT2D eigenvalue weighted by Gasteiger charge is -2.36. The van der Waals surface area contributed by atoms with E-state index in [1.54, 1.807) is 12.1 Å². The van der Waals surface area contributed by atoms with Crippen molar-refractivity contribution in [2.45, 2.75) is 13.0 Å². The maximum Gasteiger partial charge on any atom is 0.227 e. The van der Waals surface area contributed by atoms with Gasteiger partial charge in [-0.3, -0.25) is 0 Å². The molecule has 0 bridgehead atoms. The molecular formula is C20H25N5O3. The Kier molecular flexibility index (Phi) is 5.06. The van der Waals surface area contributed by atoms with Gasteiger partial charge in [0, 0.05) is 43.4 Å². The van der Waals surface area contributed by atoms with E-state index in [0.717, 1.165) is 48.6 Å². The summed E-state index contributed by atoms with van der Waals surface area (Å²) in [6, 6.07) is 8.77. The summed E-state index contributed by atoms with van der Waals surface area (Å²) in [7, 11) is 0. The number of rotatable bonds is 5. The molecule has 28 heavy (non-hydrogen) atoms. The fourth-order valence-electron chi connectivity index (χ4n) is 3.67. The number of aryl methyl sites for hydroxylation is 1. The summed E-state index contributed by atoms with van der Waals surface area (Å²) >= 11 is 0. The lowest BCUT2D eigenvalue weighted by molar-refractivity contribution is 0.157. The predicted molar refractivity (Wildman–Crippen MR) is 108 cm³/mol. The summed E-state index contributed by atoms with van der Waals surface area (Å²) in [5.41, 5.74) is 2.71. The fraction of sp³-hybridized carbons (Fsp3) is 0.400. The number of anilines is 2. The van der Waals surface area contributed by atoms with E-state index in [1.165, 1.54) is 0 Å². The zero-order valence-corrected chi connectivity index (χ0v) is 15.9. The van der Waals surface area contributed by atoms with Crippen LogP contribution in [0.25, 0.3) is 11.0 Å². The molecule has 1 fully saturated rings. The van der Waals surface area contributed by atoms with Gasteiger partial charge in [0.15, 0.2) is 0 Å². The number of aromatic hydroxyl groups is 1. The Labute approximate surface area is 163 Å². The molecule has 148 valence electrons. The van der Waals surface area contributed by atoms with Gasteiger partial charge in [-0.15, -0.1) is 0 Å². The van der Waals surface area contributed by atoms with Crippen molar-refractivity contribution in [3.63, 3.8) is 0 Å². The van der Waals surface area contributed by atoms with Gasteiger partial charge >= 0.3 is 0 Å². The number of phenols is 1. The third-order valence-corrected chi connectivity index (χ3v) is 5.34. The average molecular weight is 383 g/mol. The van der Waals surface area contributed by atoms with Gasteiger partial charge in [-0.2, -0.15) is 4.98 Å². The molecule has 0 saturated carbocycles. The van der Waals surface area contributed by atoms with Gasteiger partial charge in [-0.1, -0.05) is 0 Å². The molecule has 1 aliphatic rings. The highest BCUT2D eigenvalue weighted by molar-refractivity contribution is 5.80. The largest absolute Gasteiger partial charge is 0.508 e. The SMILES string of the molecule is Cc1nc(N2CCN(c3ccc(O)cc3)CC2)nc2c1ccn2C(CO)CO. The second kappa shape index (κ2) is 7.65. The average Bonchev–Trinajstić information content (AvgIpc) is 3.14. The van der Waals surface area contributed by atoms with Gasteiger partial charge in [0.2, 0.25) is 5.95 Å². The number of aliphatic hydroxyl groups excluding tert-OH is 2. The van der Waals surface area contributed by atoms with Crippen LogP contribution in [0.5, 0.6) is 5.75 Å². The van der Waals surface area contributed by atoms with E-state index >= 15 is 0 Å². The second-order valence-electron chi connectivity index (χ2n) is 7.08. The predicted octanol–water partition coefficient (Wildman–Crippen LogP) is 1.30. The van der Waals surface area contributed by atoms with Crippen LogP contribution in [0.15, 0.2) is 36.5 Å². The Morgan fingerprint density at radius 2 is 1.57 bits per heavy atom. The summed E-state index contributed by atoms with van der Waals surface area (Å²) in [5, 5.41) is 29.5. The van der Waals surface area contributed by atoms with Crippen molar-refractivity contribution in [3.8, 4) is 5.75 Å². The minimum atomic E-state index is -0.411. The van der Waals surface area contributed by atoms with E-state index in [1.807, 2.05) is 35.9 Å². The number of benzene rings is 1. The normalized spacial score (nSPS) is 15.0. The molecule has 0 radical (unpaired) electrons. The lowest BCUT2D eigenvalue weighted by atomic mass is 10.2. The molecule has 8 nitrogen and oxygen atoms in total. The van der Waals surface area contributed by atoms with E-state index in [2.05, 4.69) is 14.8 Å². The van der Waals surface area contributed by atoms with Crippen LogP contribution in [0.4, 0.5) is 11.6 Å². The van der Waals surface area contributed by atoms with Gasteiger partial charge < -0.3 is 29.7 Å². The maximum atomic E-state index is 9.54. The first-order valence-corrected chi connectivity index (χ1v) is 9.46. The topological polar surface area (TPSA) is 97.9 Å². The summed E-state index contributed by atoms with van der Waals surface area (Å²) in [4.78, 5) is 13.9. The van der Waals surface area contributed by atoms with Gasteiger partial charge in [0.1, 0.15) is 11.4 Å². The van der Waals surface area contributed by atoms with Crippen molar-refractivity contribution in [1.29, 1.82) is 0 Å². The van der Waals surface area contributed by atoms with Crippen LogP contribution in [-0.2, 0) is 0 Å². The highest BCUT2D eigenvalue weighted by Gasteiger charge is 2.22. The van der Waals surface area contributed by atoms with Crippen LogP contribution in [0.3, 0.4) is 0 Å². The molecule has 2 aromatic heterocycles. The highest BCUT2D eigenvalue weighted by Crippen LogP contribution is 2.25. The lowest BCUT2D eigenvalue weighted by Crippen LogP contribution is -2.47. The van der Waals surface area contributed by atoms with Crippen LogP contribution in [-0.4, -0.2) is 69.2 Å². The van der Waals surface area contributed by atoms with E-state index in [9.17, 15) is 15.3 Å². The molecule has 1 aromatic carbocycles. The standard InChI is InChI=1S/C20H25N5O3/c1-14-18-6-7-25(16(12-26)13-27)19(18)22-20(21-14)24-10-8-23(9-11-24)15-2-4-17(28)5-3-15/h2-7,16,26-28H,8-13H2,1H3. The van der Waals surface area contributed by atoms with Crippen LogP contribution in [0.2, 0.25) is 0 Å². The Morgan fingerprint density at radius 1 is 0.929 bits per heavy atom. The molecule has 1 aliphatic heterocycles. The highest BCUT2D eigenvalue weighted by atomic mass is 16.3. The summed E-state index contributed by atoms with van der Waals surface area (Å²) in [5.74, 6) is 0.941. The number of hydrogen-bond acceptors (Lipinski definition) is 7. The number of phenolic OH excluding ortho intramolecular Hbond substituents is 1. The van der Waals surface area contributed by atoms with Gasteiger partial charge in [-0.05, 0) is 37.3 Å². The van der Waals surface area contributed by atoms with Crippen molar-refractivity contribution in [3.05, 3.63) is 42.2 Å². The second-order valence-corrected chi connectivity index (χ2v) is 7.08. The summed E-state index contributed by atoms with van der Waals surface area (Å²) < 4.78 is 1.82. The number of hydrogen-bond donors (Lipinski definition) is 3. The van der Waals surface area contributed by atoms with Crippen molar-refractivity contribution in [1.82, 2.24) is 14.5 Å². The zero-order valence-electron chi connectivity index (χ0n) is 15.9. The van der Waals surface area contributed by atoms with E-state index in [-0.39, 0.29) is 19.0 Å². The van der Waals surface area contributed by atoms with Gasteiger partial charge in [0.05, 0.1) is 24.9 Å². The number of piperazine rings is 1. The number of fused-ring (bicyclic) bond motifs is 1. The molecule has 1 saturated heterocycles. The van der Waals surface area contributed by atoms with Crippen LogP contribution in [0.1, 0.15) is 11.7 Å². The molecule has 3 aromatic rings. The van der Waals surface area contributed by atoms with Gasteiger partial charge in [-0.25, -0.2) is 4.98 Å². The van der Waals surface area contributed by atoms with Crippen molar-refractivity contribution < 1.29 is 15.3 Å². The minimum absolute atomic E-state index is 0.149. The molecule has 8 heteroatoms. The molecule has 0 unspecified atom stereocenters. The van der Waals surface area contributed by atoms with Crippen molar-refractivity contribution >= 4 is 22.7 Å². The molecule has 0 atom stereocenters. The molecule has 0 spiro atoms. The first-order chi connectivity index (χ1) is 13.6. The van der Waals surface area contributed by atoms with Gasteiger partial charge in [0.25, 0.3) is 0 Å². The fourth-order valence-corrected chi connectivity index (χ4v) is 3.67. The summed E-state index contributed by atoms with van der Waals surface area (Å²) in [6.45, 7) is 4.90. The van der Waals surface area contributed by atoms with Crippen molar-refractivity contribution in [2.24, 2.45) is 0 Å². The minimum Gasteiger partial charge on any atom is -0.508 e. The molecule has 3 N–H and O–H groups in total. The van der Waals surface area contributed by atoms with E-state index in [0.29, 0.717) is 5.95 Å². The first-order valence-electron chi connectivity index (χ1n) is 9.46. The van der Waals surface area contributed by atoms with E-state index < -0.39 is 6.04 Å². The molecular weight excluding hydrogens is 358 g/mol. The monoisotopic (exact) mass is 383 g/mol. The van der Waals surface area contributed by atoms with Crippen LogP contribution >= 0.6 is 0 Å². The number of aliphatic hydroxyl groups is 2.